The highest BCUT2D eigenvalue weighted by molar-refractivity contribution is 5.59. The quantitative estimate of drug-likeness (QED) is 0.340. The maximum atomic E-state index is 5.95. The standard InChI is InChI=1S/C28H29N3O/c1-2-6-21(5-1)19-27(22-8-10-24(11-9-22)28-16-18-30-31-28)23-12-14-26(15-13-23)32-20-25-7-3-4-17-29-25/h3-4,7-18,21,27H,1-2,5-6,19-20H2,(H,30,31)/t27-/m1/s1. The number of pyridine rings is 1. The molecule has 0 radical (unpaired) electrons. The smallest absolute Gasteiger partial charge is 0.130 e. The second kappa shape index (κ2) is 9.82. The molecule has 0 spiro atoms. The number of hydrogen-bond acceptors (Lipinski definition) is 3. The fourth-order valence-electron chi connectivity index (χ4n) is 4.79. The number of rotatable bonds is 8. The highest BCUT2D eigenvalue weighted by Gasteiger charge is 2.23. The number of hydrogen-bond donors (Lipinski definition) is 1. The van der Waals surface area contributed by atoms with Gasteiger partial charge in [0.2, 0.25) is 0 Å². The lowest BCUT2D eigenvalue weighted by atomic mass is 9.82. The van der Waals surface area contributed by atoms with E-state index in [1.165, 1.54) is 48.8 Å². The fourth-order valence-corrected chi connectivity index (χ4v) is 4.79. The molecule has 1 saturated carbocycles. The summed E-state index contributed by atoms with van der Waals surface area (Å²) in [5, 5.41) is 7.13. The van der Waals surface area contributed by atoms with E-state index in [0.29, 0.717) is 12.5 Å². The summed E-state index contributed by atoms with van der Waals surface area (Å²) in [6.07, 6.45) is 10.3. The van der Waals surface area contributed by atoms with Crippen LogP contribution in [0.4, 0.5) is 0 Å². The topological polar surface area (TPSA) is 50.8 Å². The maximum absolute atomic E-state index is 5.95. The van der Waals surface area contributed by atoms with Gasteiger partial charge >= 0.3 is 0 Å². The molecule has 162 valence electrons. The molecule has 1 aliphatic rings. The van der Waals surface area contributed by atoms with Gasteiger partial charge in [-0.25, -0.2) is 0 Å². The van der Waals surface area contributed by atoms with Crippen molar-refractivity contribution in [1.29, 1.82) is 0 Å². The van der Waals surface area contributed by atoms with Crippen molar-refractivity contribution in [2.75, 3.05) is 0 Å². The average Bonchev–Trinajstić information content (AvgIpc) is 3.57. The first-order chi connectivity index (χ1) is 15.8. The van der Waals surface area contributed by atoms with Crippen molar-refractivity contribution < 1.29 is 4.74 Å². The van der Waals surface area contributed by atoms with E-state index in [1.807, 2.05) is 24.3 Å². The van der Waals surface area contributed by atoms with E-state index in [1.54, 1.807) is 12.4 Å². The van der Waals surface area contributed by atoms with Crippen molar-refractivity contribution in [3.63, 3.8) is 0 Å². The van der Waals surface area contributed by atoms with Crippen LogP contribution in [-0.2, 0) is 6.61 Å². The second-order valence-corrected chi connectivity index (χ2v) is 8.71. The highest BCUT2D eigenvalue weighted by Crippen LogP contribution is 2.38. The van der Waals surface area contributed by atoms with E-state index in [-0.39, 0.29) is 0 Å². The van der Waals surface area contributed by atoms with E-state index < -0.39 is 0 Å². The summed E-state index contributed by atoms with van der Waals surface area (Å²) in [5.74, 6) is 2.10. The van der Waals surface area contributed by atoms with E-state index in [9.17, 15) is 0 Å². The van der Waals surface area contributed by atoms with Crippen LogP contribution in [-0.4, -0.2) is 15.2 Å². The molecule has 4 heteroatoms. The van der Waals surface area contributed by atoms with Crippen LogP contribution in [0, 0.1) is 5.92 Å². The molecule has 0 saturated heterocycles. The van der Waals surface area contributed by atoms with Crippen molar-refractivity contribution in [2.45, 2.75) is 44.6 Å². The van der Waals surface area contributed by atoms with Crippen molar-refractivity contribution >= 4 is 0 Å². The Bertz CT molecular complexity index is 1080. The zero-order chi connectivity index (χ0) is 21.6. The molecule has 4 aromatic rings. The number of aromatic nitrogens is 3. The van der Waals surface area contributed by atoms with Crippen molar-refractivity contribution in [2.24, 2.45) is 5.92 Å². The van der Waals surface area contributed by atoms with Crippen molar-refractivity contribution in [3.8, 4) is 17.0 Å². The molecular weight excluding hydrogens is 394 g/mol. The van der Waals surface area contributed by atoms with Gasteiger partial charge in [-0.2, -0.15) is 5.10 Å². The molecule has 2 heterocycles. The van der Waals surface area contributed by atoms with Crippen LogP contribution in [0.2, 0.25) is 0 Å². The number of benzene rings is 2. The van der Waals surface area contributed by atoms with E-state index in [0.717, 1.165) is 23.1 Å². The summed E-state index contributed by atoms with van der Waals surface area (Å²) in [6.45, 7) is 0.487. The molecule has 1 atom stereocenters. The first-order valence-electron chi connectivity index (χ1n) is 11.6. The lowest BCUT2D eigenvalue weighted by Gasteiger charge is -2.22. The van der Waals surface area contributed by atoms with E-state index >= 15 is 0 Å². The second-order valence-electron chi connectivity index (χ2n) is 8.71. The number of aromatic amines is 1. The summed E-state index contributed by atoms with van der Waals surface area (Å²) in [5.41, 5.74) is 5.90. The van der Waals surface area contributed by atoms with Crippen LogP contribution in [0.25, 0.3) is 11.3 Å². The largest absolute Gasteiger partial charge is 0.487 e. The highest BCUT2D eigenvalue weighted by atomic mass is 16.5. The van der Waals surface area contributed by atoms with Crippen LogP contribution in [0.3, 0.4) is 0 Å². The van der Waals surface area contributed by atoms with Crippen LogP contribution in [0.1, 0.15) is 54.8 Å². The summed E-state index contributed by atoms with van der Waals surface area (Å²) >= 11 is 0. The maximum Gasteiger partial charge on any atom is 0.130 e. The molecule has 4 nitrogen and oxygen atoms in total. The van der Waals surface area contributed by atoms with Gasteiger partial charge in [0.25, 0.3) is 0 Å². The minimum atomic E-state index is 0.402. The molecule has 5 rings (SSSR count). The Balaban J connectivity index is 1.34. The predicted octanol–water partition coefficient (Wildman–Crippen LogP) is 6.76. The van der Waals surface area contributed by atoms with Gasteiger partial charge in [-0.3, -0.25) is 10.1 Å². The molecule has 1 N–H and O–H groups in total. The Labute approximate surface area is 189 Å². The molecule has 0 amide bonds. The number of nitrogens with one attached hydrogen (secondary N) is 1. The number of H-pyrrole nitrogens is 1. The lowest BCUT2D eigenvalue weighted by Crippen LogP contribution is -2.07. The first-order valence-corrected chi connectivity index (χ1v) is 11.6. The molecule has 2 aromatic heterocycles. The Morgan fingerprint density at radius 3 is 2.25 bits per heavy atom. The van der Waals surface area contributed by atoms with Crippen molar-refractivity contribution in [1.82, 2.24) is 15.2 Å². The molecule has 1 aliphatic carbocycles. The SMILES string of the molecule is c1ccc(COc2ccc([C@H](CC3CCCC3)c3ccc(-c4ccn[nH]4)cc3)cc2)nc1. The zero-order valence-corrected chi connectivity index (χ0v) is 18.3. The van der Waals surface area contributed by atoms with Gasteiger partial charge in [-0.1, -0.05) is 68.1 Å². The third-order valence-electron chi connectivity index (χ3n) is 6.56. The summed E-state index contributed by atoms with van der Waals surface area (Å²) < 4.78 is 5.95. The van der Waals surface area contributed by atoms with Crippen LogP contribution < -0.4 is 4.74 Å². The van der Waals surface area contributed by atoms with Crippen molar-refractivity contribution in [3.05, 3.63) is 102 Å². The van der Waals surface area contributed by atoms with Gasteiger partial charge in [-0.15, -0.1) is 0 Å². The van der Waals surface area contributed by atoms with Crippen LogP contribution in [0.15, 0.2) is 85.2 Å². The minimum Gasteiger partial charge on any atom is -0.487 e. The monoisotopic (exact) mass is 423 g/mol. The summed E-state index contributed by atoms with van der Waals surface area (Å²) in [7, 11) is 0. The minimum absolute atomic E-state index is 0.402. The predicted molar refractivity (Wildman–Crippen MR) is 127 cm³/mol. The van der Waals surface area contributed by atoms with Gasteiger partial charge in [-0.05, 0) is 59.4 Å². The third-order valence-corrected chi connectivity index (χ3v) is 6.56. The average molecular weight is 424 g/mol. The zero-order valence-electron chi connectivity index (χ0n) is 18.3. The molecule has 0 bridgehead atoms. The lowest BCUT2D eigenvalue weighted by molar-refractivity contribution is 0.301. The molecular formula is C28H29N3O. The van der Waals surface area contributed by atoms with Crippen LogP contribution in [0.5, 0.6) is 5.75 Å². The summed E-state index contributed by atoms with van der Waals surface area (Å²) in [4.78, 5) is 4.33. The number of nitrogens with zero attached hydrogens (tertiary/aromatic N) is 2. The van der Waals surface area contributed by atoms with E-state index in [4.69, 9.17) is 4.74 Å². The van der Waals surface area contributed by atoms with Gasteiger partial charge in [0.05, 0.1) is 11.4 Å². The van der Waals surface area contributed by atoms with Gasteiger partial charge in [0.1, 0.15) is 12.4 Å². The van der Waals surface area contributed by atoms with Gasteiger partial charge < -0.3 is 4.74 Å². The third kappa shape index (κ3) is 4.91. The molecule has 1 fully saturated rings. The molecule has 0 aliphatic heterocycles. The normalized spacial score (nSPS) is 15.0. The molecule has 2 aromatic carbocycles. The van der Waals surface area contributed by atoms with Crippen LogP contribution >= 0.6 is 0 Å². The molecule has 0 unspecified atom stereocenters. The number of ether oxygens (including phenoxy) is 1. The Morgan fingerprint density at radius 1 is 0.844 bits per heavy atom. The Hall–Kier alpha value is -3.40. The fraction of sp³-hybridized carbons (Fsp3) is 0.286. The first kappa shape index (κ1) is 20.5. The van der Waals surface area contributed by atoms with E-state index in [2.05, 4.69) is 63.7 Å². The Morgan fingerprint density at radius 2 is 1.59 bits per heavy atom. The summed E-state index contributed by atoms with van der Waals surface area (Å²) in [6, 6.07) is 25.5. The van der Waals surface area contributed by atoms with Gasteiger partial charge in [0, 0.05) is 18.3 Å². The Kier molecular flexibility index (Phi) is 6.29. The molecule has 32 heavy (non-hydrogen) atoms. The van der Waals surface area contributed by atoms with Gasteiger partial charge in [0.15, 0.2) is 0 Å².